The van der Waals surface area contributed by atoms with Crippen LogP contribution in [0.1, 0.15) is 12.5 Å². The smallest absolute Gasteiger partial charge is 0.270 e. The average Bonchev–Trinajstić information content (AvgIpc) is 3.46. The van der Waals surface area contributed by atoms with Gasteiger partial charge in [0.2, 0.25) is 0 Å². The predicted molar refractivity (Wildman–Crippen MR) is 149 cm³/mol. The number of fused-ring (bicyclic) bond motifs is 1. The van der Waals surface area contributed by atoms with E-state index in [1.54, 1.807) is 20.2 Å². The number of methoxy groups -OCH3 is 1. The van der Waals surface area contributed by atoms with Crippen molar-refractivity contribution >= 4 is 45.6 Å². The maximum absolute atomic E-state index is 13.1. The van der Waals surface area contributed by atoms with Gasteiger partial charge in [0.25, 0.3) is 11.5 Å². The molecule has 1 aliphatic heterocycles. The van der Waals surface area contributed by atoms with Crippen molar-refractivity contribution in [2.75, 3.05) is 51.9 Å². The number of nitriles is 2. The van der Waals surface area contributed by atoms with Crippen LogP contribution in [0.15, 0.2) is 29.2 Å². The van der Waals surface area contributed by atoms with Gasteiger partial charge in [0.05, 0.1) is 25.9 Å². The van der Waals surface area contributed by atoms with Gasteiger partial charge in [-0.2, -0.15) is 10.5 Å². The van der Waals surface area contributed by atoms with Crippen LogP contribution < -0.4 is 25.4 Å². The third-order valence-electron chi connectivity index (χ3n) is 6.47. The van der Waals surface area contributed by atoms with E-state index in [0.717, 1.165) is 67.3 Å². The van der Waals surface area contributed by atoms with Gasteiger partial charge in [0.1, 0.15) is 21.8 Å². The van der Waals surface area contributed by atoms with Crippen LogP contribution in [0.4, 0.5) is 5.69 Å². The lowest BCUT2D eigenvalue weighted by molar-refractivity contribution is -0.115. The fourth-order valence-corrected chi connectivity index (χ4v) is 5.59. The number of nitrogens with zero attached hydrogens (tertiary/aromatic N) is 5. The summed E-state index contributed by atoms with van der Waals surface area (Å²) in [4.78, 5) is 27.8. The van der Waals surface area contributed by atoms with E-state index in [1.165, 1.54) is 10.1 Å². The minimum atomic E-state index is -0.682. The molecule has 204 valence electrons. The van der Waals surface area contributed by atoms with Gasteiger partial charge in [-0.3, -0.25) is 19.1 Å². The molecule has 3 heterocycles. The molecule has 0 saturated carbocycles. The van der Waals surface area contributed by atoms with Crippen LogP contribution in [0, 0.1) is 22.7 Å². The standard InChI is InChI=1S/C27H31N7O4S/c1-3-34-26(36)24(39-27(34)22(15-29)25(35)30-7-6-28)16-31-20-4-5-23-21(14-20)19(18-33(23)10-11-37-2)17-32-8-12-38-13-9-32/h4-5,14,16,18,31H,3,7-13,17H2,1-2H3,(H,30,35)/b24-16-,27-22+. The summed E-state index contributed by atoms with van der Waals surface area (Å²) in [5, 5.41) is 25.0. The zero-order valence-corrected chi connectivity index (χ0v) is 22.8. The third-order valence-corrected chi connectivity index (χ3v) is 7.60. The molecule has 0 radical (unpaired) electrons. The summed E-state index contributed by atoms with van der Waals surface area (Å²) >= 11 is 1.06. The molecule has 1 aromatic carbocycles. The van der Waals surface area contributed by atoms with E-state index >= 15 is 0 Å². The molecule has 11 nitrogen and oxygen atoms in total. The number of morpholine rings is 1. The lowest BCUT2D eigenvalue weighted by atomic mass is 10.1. The van der Waals surface area contributed by atoms with Crippen LogP contribution in [-0.4, -0.2) is 66.5 Å². The van der Waals surface area contributed by atoms with E-state index in [9.17, 15) is 14.9 Å². The Balaban J connectivity index is 1.70. The van der Waals surface area contributed by atoms with Crippen LogP contribution in [0.2, 0.25) is 0 Å². The lowest BCUT2D eigenvalue weighted by Crippen LogP contribution is -2.35. The Morgan fingerprint density at radius 1 is 1.28 bits per heavy atom. The molecular weight excluding hydrogens is 518 g/mol. The van der Waals surface area contributed by atoms with Gasteiger partial charge in [-0.05, 0) is 30.7 Å². The zero-order valence-electron chi connectivity index (χ0n) is 22.0. The predicted octanol–water partition coefficient (Wildman–Crippen LogP) is 0.527. The molecule has 4 rings (SSSR count). The number of aromatic nitrogens is 2. The topological polar surface area (TPSA) is 137 Å². The first kappa shape index (κ1) is 28.1. The van der Waals surface area contributed by atoms with E-state index < -0.39 is 5.91 Å². The normalized spacial score (nSPS) is 15.1. The lowest BCUT2D eigenvalue weighted by Gasteiger charge is -2.26. The minimum absolute atomic E-state index is 0.194. The van der Waals surface area contributed by atoms with Gasteiger partial charge in [-0.25, -0.2) is 0 Å². The molecule has 1 aliphatic rings. The summed E-state index contributed by atoms with van der Waals surface area (Å²) in [6, 6.07) is 9.77. The Labute approximate surface area is 229 Å². The first-order valence-electron chi connectivity index (χ1n) is 12.7. The maximum atomic E-state index is 13.1. The molecule has 0 spiro atoms. The Hall–Kier alpha value is -3.94. The fraction of sp³-hybridized carbons (Fsp3) is 0.407. The largest absolute Gasteiger partial charge is 0.383 e. The summed E-state index contributed by atoms with van der Waals surface area (Å²) in [6.07, 6.45) is 3.78. The Morgan fingerprint density at radius 3 is 2.77 bits per heavy atom. The van der Waals surface area contributed by atoms with Crippen molar-refractivity contribution in [2.24, 2.45) is 0 Å². The van der Waals surface area contributed by atoms with Gasteiger partial charge in [0.15, 0.2) is 5.57 Å². The van der Waals surface area contributed by atoms with E-state index in [0.29, 0.717) is 17.7 Å². The maximum Gasteiger partial charge on any atom is 0.270 e. The Bertz CT molecular complexity index is 1600. The summed E-state index contributed by atoms with van der Waals surface area (Å²) in [6.45, 7) is 7.22. The number of hydrogen-bond acceptors (Lipinski definition) is 9. The monoisotopic (exact) mass is 549 g/mol. The second kappa shape index (κ2) is 13.2. The van der Waals surface area contributed by atoms with Gasteiger partial charge in [-0.15, -0.1) is 11.3 Å². The number of benzene rings is 1. The van der Waals surface area contributed by atoms with Crippen LogP contribution in [0.25, 0.3) is 22.7 Å². The molecule has 0 aliphatic carbocycles. The van der Waals surface area contributed by atoms with Crippen molar-refractivity contribution in [2.45, 2.75) is 26.6 Å². The Kier molecular flexibility index (Phi) is 9.52. The van der Waals surface area contributed by atoms with E-state index in [2.05, 4.69) is 38.4 Å². The molecule has 2 aromatic heterocycles. The molecule has 39 heavy (non-hydrogen) atoms. The second-order valence-electron chi connectivity index (χ2n) is 8.90. The van der Waals surface area contributed by atoms with Crippen molar-refractivity contribution in [3.05, 3.63) is 49.5 Å². The van der Waals surface area contributed by atoms with Crippen molar-refractivity contribution in [3.63, 3.8) is 0 Å². The van der Waals surface area contributed by atoms with Gasteiger partial charge < -0.3 is 24.7 Å². The summed E-state index contributed by atoms with van der Waals surface area (Å²) in [5.41, 5.74) is 2.62. The molecule has 0 bridgehead atoms. The molecule has 0 unspecified atom stereocenters. The summed E-state index contributed by atoms with van der Waals surface area (Å²) in [5.74, 6) is -0.682. The molecule has 1 saturated heterocycles. The van der Waals surface area contributed by atoms with E-state index in [4.69, 9.17) is 14.7 Å². The van der Waals surface area contributed by atoms with Gasteiger partial charge >= 0.3 is 0 Å². The molecule has 0 atom stereocenters. The summed E-state index contributed by atoms with van der Waals surface area (Å²) in [7, 11) is 1.69. The van der Waals surface area contributed by atoms with Crippen molar-refractivity contribution in [3.8, 4) is 12.1 Å². The van der Waals surface area contributed by atoms with Crippen LogP contribution >= 0.6 is 11.3 Å². The van der Waals surface area contributed by atoms with Crippen LogP contribution in [0.5, 0.6) is 0 Å². The number of amides is 1. The van der Waals surface area contributed by atoms with Crippen molar-refractivity contribution < 1.29 is 14.3 Å². The van der Waals surface area contributed by atoms with Crippen molar-refractivity contribution in [1.82, 2.24) is 19.4 Å². The molecule has 1 amide bonds. The van der Waals surface area contributed by atoms with Crippen LogP contribution in [-0.2, 0) is 33.9 Å². The molecule has 3 aromatic rings. The highest BCUT2D eigenvalue weighted by Crippen LogP contribution is 2.26. The number of ether oxygens (including phenoxy) is 2. The number of hydrogen-bond donors (Lipinski definition) is 2. The Morgan fingerprint density at radius 2 is 2.08 bits per heavy atom. The molecule has 12 heteroatoms. The molecule has 1 fully saturated rings. The zero-order chi connectivity index (χ0) is 27.8. The second-order valence-corrected chi connectivity index (χ2v) is 9.93. The molecular formula is C27H31N7O4S. The first-order chi connectivity index (χ1) is 19.0. The van der Waals surface area contributed by atoms with Gasteiger partial charge in [0, 0.05) is 68.8 Å². The number of thiazole rings is 1. The fourth-order valence-electron chi connectivity index (χ4n) is 4.51. The SMILES string of the molecule is CCn1c(=O)/c(=C/Nc2ccc3c(c2)c(CN2CCOCC2)cn3CCOC)s/c1=C(\C#N)C(=O)NCC#N. The highest BCUT2D eigenvalue weighted by atomic mass is 32.1. The van der Waals surface area contributed by atoms with E-state index in [-0.39, 0.29) is 22.3 Å². The van der Waals surface area contributed by atoms with Gasteiger partial charge in [-0.1, -0.05) is 0 Å². The first-order valence-corrected chi connectivity index (χ1v) is 13.5. The number of rotatable bonds is 10. The average molecular weight is 550 g/mol. The summed E-state index contributed by atoms with van der Waals surface area (Å²) < 4.78 is 15.0. The number of carbonyl (C=O) groups is 1. The molecule has 2 N–H and O–H groups in total. The quantitative estimate of drug-likeness (QED) is 0.350. The minimum Gasteiger partial charge on any atom is -0.383 e. The number of nitrogens with one attached hydrogen (secondary N) is 2. The van der Waals surface area contributed by atoms with Crippen LogP contribution in [0.3, 0.4) is 0 Å². The van der Waals surface area contributed by atoms with E-state index in [1.807, 2.05) is 18.2 Å². The highest BCUT2D eigenvalue weighted by Gasteiger charge is 2.17. The van der Waals surface area contributed by atoms with Crippen molar-refractivity contribution in [1.29, 1.82) is 10.5 Å². The number of carbonyl (C=O) groups excluding carboxylic acids is 1. The highest BCUT2D eigenvalue weighted by molar-refractivity contribution is 7.07. The third kappa shape index (κ3) is 6.38. The number of anilines is 1.